The van der Waals surface area contributed by atoms with Gasteiger partial charge >= 0.3 is 6.09 Å². The first kappa shape index (κ1) is 19.9. The molecule has 0 bridgehead atoms. The fourth-order valence-electron chi connectivity index (χ4n) is 2.37. The van der Waals surface area contributed by atoms with Gasteiger partial charge in [0.15, 0.2) is 5.78 Å². The topological polar surface area (TPSA) is 68.3 Å². The third kappa shape index (κ3) is 5.05. The van der Waals surface area contributed by atoms with Crippen LogP contribution in [0.5, 0.6) is 0 Å². The average molecular weight is 375 g/mol. The van der Waals surface area contributed by atoms with Crippen molar-refractivity contribution in [2.75, 3.05) is 5.32 Å². The van der Waals surface area contributed by atoms with Crippen molar-refractivity contribution in [1.29, 1.82) is 0 Å². The van der Waals surface area contributed by atoms with E-state index in [1.807, 2.05) is 26.0 Å². The van der Waals surface area contributed by atoms with Crippen molar-refractivity contribution < 1.29 is 14.3 Å². The van der Waals surface area contributed by atoms with Crippen molar-refractivity contribution in [2.45, 2.75) is 45.6 Å². The first-order chi connectivity index (χ1) is 12.0. The number of aromatic nitrogens is 1. The molecule has 6 heteroatoms. The number of nitrogens with zero attached hydrogens (tertiary/aromatic N) is 1. The van der Waals surface area contributed by atoms with Crippen molar-refractivity contribution in [1.82, 2.24) is 4.98 Å². The monoisotopic (exact) mass is 374 g/mol. The van der Waals surface area contributed by atoms with Crippen LogP contribution in [-0.4, -0.2) is 22.5 Å². The fourth-order valence-corrected chi connectivity index (χ4v) is 2.49. The van der Waals surface area contributed by atoms with Gasteiger partial charge in [0.05, 0.1) is 5.41 Å². The highest BCUT2D eigenvalue weighted by molar-refractivity contribution is 6.30. The average Bonchev–Trinajstić information content (AvgIpc) is 2.53. The van der Waals surface area contributed by atoms with Gasteiger partial charge in [-0.1, -0.05) is 23.7 Å². The molecule has 0 saturated carbocycles. The summed E-state index contributed by atoms with van der Waals surface area (Å²) in [5.74, 6) is 0.247. The number of pyridine rings is 1. The molecule has 1 heterocycles. The maximum Gasteiger partial charge on any atom is 0.413 e. The molecule has 5 nitrogen and oxygen atoms in total. The molecular weight excluding hydrogens is 352 g/mol. The van der Waals surface area contributed by atoms with E-state index in [0.717, 1.165) is 5.56 Å². The summed E-state index contributed by atoms with van der Waals surface area (Å²) in [5, 5.41) is 3.16. The number of ketones is 1. The molecule has 0 aliphatic carbocycles. The Bertz CT molecular complexity index is 791. The van der Waals surface area contributed by atoms with Crippen LogP contribution in [0, 0.1) is 0 Å². The van der Waals surface area contributed by atoms with Crippen molar-refractivity contribution in [3.63, 3.8) is 0 Å². The zero-order valence-corrected chi connectivity index (χ0v) is 16.3. The minimum atomic E-state index is -0.730. The first-order valence-electron chi connectivity index (χ1n) is 8.26. The number of carbonyl (C=O) groups excluding carboxylic acids is 2. The van der Waals surface area contributed by atoms with E-state index >= 15 is 0 Å². The standard InChI is InChI=1S/C20H23ClN2O3/c1-19(2,3)26-18(25)23-16-11-6-13(12-22-16)17(24)20(4,5)14-7-9-15(21)10-8-14/h6-12H,1-5H3,(H,22,23,25). The second-order valence-electron chi connectivity index (χ2n) is 7.52. The summed E-state index contributed by atoms with van der Waals surface area (Å²) in [4.78, 5) is 28.8. The molecule has 1 aromatic heterocycles. The maximum absolute atomic E-state index is 12.9. The van der Waals surface area contributed by atoms with E-state index in [1.54, 1.807) is 45.0 Å². The van der Waals surface area contributed by atoms with Crippen LogP contribution in [0.1, 0.15) is 50.5 Å². The fraction of sp³-hybridized carbons (Fsp3) is 0.350. The van der Waals surface area contributed by atoms with Crippen LogP contribution in [-0.2, 0) is 10.2 Å². The molecule has 1 N–H and O–H groups in total. The van der Waals surface area contributed by atoms with E-state index in [1.165, 1.54) is 6.20 Å². The Hall–Kier alpha value is -2.40. The molecule has 0 fully saturated rings. The Labute approximate surface area is 158 Å². The van der Waals surface area contributed by atoms with Crippen LogP contribution in [0.3, 0.4) is 0 Å². The van der Waals surface area contributed by atoms with E-state index in [2.05, 4.69) is 10.3 Å². The summed E-state index contributed by atoms with van der Waals surface area (Å²) >= 11 is 5.92. The molecule has 0 aliphatic rings. The van der Waals surface area contributed by atoms with E-state index < -0.39 is 17.1 Å². The van der Waals surface area contributed by atoms with E-state index in [9.17, 15) is 9.59 Å². The lowest BCUT2D eigenvalue weighted by Crippen LogP contribution is -2.29. The smallest absolute Gasteiger partial charge is 0.413 e. The van der Waals surface area contributed by atoms with Crippen LogP contribution >= 0.6 is 11.6 Å². The number of rotatable bonds is 4. The molecule has 138 valence electrons. The third-order valence-electron chi connectivity index (χ3n) is 3.79. The zero-order valence-electron chi connectivity index (χ0n) is 15.6. The highest BCUT2D eigenvalue weighted by Crippen LogP contribution is 2.28. The molecule has 26 heavy (non-hydrogen) atoms. The van der Waals surface area contributed by atoms with E-state index in [0.29, 0.717) is 16.4 Å². The van der Waals surface area contributed by atoms with Gasteiger partial charge in [-0.15, -0.1) is 0 Å². The highest BCUT2D eigenvalue weighted by atomic mass is 35.5. The first-order valence-corrected chi connectivity index (χ1v) is 8.64. The number of amides is 1. The number of hydrogen-bond acceptors (Lipinski definition) is 4. The van der Waals surface area contributed by atoms with E-state index in [4.69, 9.17) is 16.3 Å². The summed E-state index contributed by atoms with van der Waals surface area (Å²) in [7, 11) is 0. The lowest BCUT2D eigenvalue weighted by atomic mass is 9.78. The van der Waals surface area contributed by atoms with E-state index in [-0.39, 0.29) is 5.78 Å². The number of Topliss-reactive ketones (excluding diaryl/α,β-unsaturated/α-hetero) is 1. The van der Waals surface area contributed by atoms with Crippen LogP contribution < -0.4 is 5.32 Å². The van der Waals surface area contributed by atoms with Gasteiger partial charge in [0.2, 0.25) is 0 Å². The summed E-state index contributed by atoms with van der Waals surface area (Å²) in [6.07, 6.45) is 0.859. The summed E-state index contributed by atoms with van der Waals surface area (Å²) in [6.45, 7) is 9.04. The lowest BCUT2D eigenvalue weighted by molar-refractivity contribution is 0.0635. The lowest BCUT2D eigenvalue weighted by Gasteiger charge is -2.24. The largest absolute Gasteiger partial charge is 0.444 e. The summed E-state index contributed by atoms with van der Waals surface area (Å²) < 4.78 is 5.17. The van der Waals surface area contributed by atoms with Gasteiger partial charge in [-0.05, 0) is 64.4 Å². The normalized spacial score (nSPS) is 11.8. The predicted molar refractivity (Wildman–Crippen MR) is 103 cm³/mol. The van der Waals surface area contributed by atoms with Gasteiger partial charge in [-0.2, -0.15) is 0 Å². The van der Waals surface area contributed by atoms with Crippen LogP contribution in [0.25, 0.3) is 0 Å². The van der Waals surface area contributed by atoms with Gasteiger partial charge < -0.3 is 4.74 Å². The number of anilines is 1. The molecule has 2 aromatic rings. The predicted octanol–water partition coefficient (Wildman–Crippen LogP) is 5.24. The summed E-state index contributed by atoms with van der Waals surface area (Å²) in [6, 6.07) is 10.4. The third-order valence-corrected chi connectivity index (χ3v) is 4.04. The minimum Gasteiger partial charge on any atom is -0.444 e. The van der Waals surface area contributed by atoms with Crippen molar-refractivity contribution in [3.05, 3.63) is 58.7 Å². The number of carbonyl (C=O) groups is 2. The molecule has 1 aromatic carbocycles. The molecule has 2 rings (SSSR count). The van der Waals surface area contributed by atoms with Gasteiger partial charge in [0, 0.05) is 16.8 Å². The highest BCUT2D eigenvalue weighted by Gasteiger charge is 2.30. The van der Waals surface area contributed by atoms with Crippen molar-refractivity contribution >= 4 is 29.3 Å². The Kier molecular flexibility index (Phi) is 5.71. The Morgan fingerprint density at radius 1 is 1.00 bits per heavy atom. The second-order valence-corrected chi connectivity index (χ2v) is 7.96. The number of nitrogens with one attached hydrogen (secondary N) is 1. The Balaban J connectivity index is 2.13. The number of benzene rings is 1. The number of halogens is 1. The van der Waals surface area contributed by atoms with Crippen LogP contribution in [0.4, 0.5) is 10.6 Å². The SMILES string of the molecule is CC(C)(C)OC(=O)Nc1ccc(C(=O)C(C)(C)c2ccc(Cl)cc2)cn1. The molecule has 0 aliphatic heterocycles. The molecule has 0 radical (unpaired) electrons. The quantitative estimate of drug-likeness (QED) is 0.743. The number of ether oxygens (including phenoxy) is 1. The molecule has 0 unspecified atom stereocenters. The molecule has 1 amide bonds. The van der Waals surface area contributed by atoms with Crippen molar-refractivity contribution in [2.24, 2.45) is 0 Å². The van der Waals surface area contributed by atoms with Crippen LogP contribution in [0.15, 0.2) is 42.6 Å². The molecule has 0 saturated heterocycles. The Morgan fingerprint density at radius 3 is 2.12 bits per heavy atom. The second kappa shape index (κ2) is 7.46. The number of hydrogen-bond donors (Lipinski definition) is 1. The maximum atomic E-state index is 12.9. The van der Waals surface area contributed by atoms with Crippen molar-refractivity contribution in [3.8, 4) is 0 Å². The molecule has 0 spiro atoms. The van der Waals surface area contributed by atoms with Gasteiger partial charge in [-0.3, -0.25) is 10.1 Å². The van der Waals surface area contributed by atoms with Gasteiger partial charge in [0.25, 0.3) is 0 Å². The Morgan fingerprint density at radius 2 is 1.62 bits per heavy atom. The molecular formula is C20H23ClN2O3. The molecule has 0 atom stereocenters. The minimum absolute atomic E-state index is 0.0730. The van der Waals surface area contributed by atoms with Gasteiger partial charge in [-0.25, -0.2) is 9.78 Å². The van der Waals surface area contributed by atoms with Crippen LogP contribution in [0.2, 0.25) is 5.02 Å². The summed E-state index contributed by atoms with van der Waals surface area (Å²) in [5.41, 5.74) is -0.00263. The van der Waals surface area contributed by atoms with Gasteiger partial charge in [0.1, 0.15) is 11.4 Å². The zero-order chi connectivity index (χ0) is 19.5.